The molecule has 13 nitrogen and oxygen atoms in total. The van der Waals surface area contributed by atoms with Crippen molar-refractivity contribution < 1.29 is 29.3 Å². The number of aliphatic carboxylic acids is 1. The molecule has 37 heavy (non-hydrogen) atoms. The number of carbonyl (C=O) groups excluding carboxylic acids is 2. The predicted molar refractivity (Wildman–Crippen MR) is 136 cm³/mol. The van der Waals surface area contributed by atoms with Crippen LogP contribution in [0.5, 0.6) is 5.75 Å². The standard InChI is InChI=1S/C24H33N7O6/c1-4-8-30-20-16(27-24(30)28-22(34)18-10-14(3)29-31(18)5-2)11-15(21(25)33)12-19(20)37-9-6-7-26-17(13-32)23(35)36/h10-12,17,26,32H,4-9,13H2,1-3H3,(H2,25,33)(H,35,36)(H,27,28,34). The van der Waals surface area contributed by atoms with Crippen LogP contribution in [0.15, 0.2) is 18.2 Å². The number of hydrogen-bond acceptors (Lipinski definition) is 8. The van der Waals surface area contributed by atoms with E-state index in [1.54, 1.807) is 16.8 Å². The summed E-state index contributed by atoms with van der Waals surface area (Å²) < 4.78 is 9.40. The summed E-state index contributed by atoms with van der Waals surface area (Å²) >= 11 is 0. The second-order valence-electron chi connectivity index (χ2n) is 8.46. The first-order chi connectivity index (χ1) is 17.7. The molecule has 2 aromatic heterocycles. The van der Waals surface area contributed by atoms with Crippen molar-refractivity contribution in [3.63, 3.8) is 0 Å². The summed E-state index contributed by atoms with van der Waals surface area (Å²) in [5.41, 5.74) is 7.87. The highest BCUT2D eigenvalue weighted by Gasteiger charge is 2.21. The number of aliphatic hydroxyl groups excluding tert-OH is 1. The van der Waals surface area contributed by atoms with Gasteiger partial charge in [0.1, 0.15) is 23.0 Å². The predicted octanol–water partition coefficient (Wildman–Crippen LogP) is 1.13. The molecule has 0 radical (unpaired) electrons. The van der Waals surface area contributed by atoms with Crippen LogP contribution in [0.1, 0.15) is 53.2 Å². The van der Waals surface area contributed by atoms with E-state index >= 15 is 0 Å². The maximum absolute atomic E-state index is 13.1. The van der Waals surface area contributed by atoms with E-state index in [-0.39, 0.29) is 24.6 Å². The molecule has 0 spiro atoms. The number of primary amides is 1. The molecule has 200 valence electrons. The Bertz CT molecular complexity index is 1280. The molecule has 1 atom stereocenters. The molecule has 2 heterocycles. The average molecular weight is 516 g/mol. The molecule has 0 saturated heterocycles. The molecule has 1 aromatic carbocycles. The topological polar surface area (TPSA) is 187 Å². The van der Waals surface area contributed by atoms with Gasteiger partial charge in [-0.2, -0.15) is 5.10 Å². The van der Waals surface area contributed by atoms with Gasteiger partial charge in [0.05, 0.1) is 24.4 Å². The Balaban J connectivity index is 1.90. The number of nitrogens with one attached hydrogen (secondary N) is 2. The minimum absolute atomic E-state index is 0.191. The van der Waals surface area contributed by atoms with E-state index in [9.17, 15) is 14.4 Å². The fourth-order valence-corrected chi connectivity index (χ4v) is 3.91. The van der Waals surface area contributed by atoms with Gasteiger partial charge in [-0.15, -0.1) is 0 Å². The molecular formula is C24H33N7O6. The lowest BCUT2D eigenvalue weighted by atomic mass is 10.1. The van der Waals surface area contributed by atoms with Crippen molar-refractivity contribution in [1.82, 2.24) is 24.6 Å². The Morgan fingerprint density at radius 2 is 1.97 bits per heavy atom. The smallest absolute Gasteiger partial charge is 0.323 e. The molecule has 0 bridgehead atoms. The van der Waals surface area contributed by atoms with Crippen LogP contribution in [0, 0.1) is 6.92 Å². The normalized spacial score (nSPS) is 12.0. The summed E-state index contributed by atoms with van der Waals surface area (Å²) in [6, 6.07) is 3.72. The molecule has 0 aliphatic carbocycles. The van der Waals surface area contributed by atoms with Crippen molar-refractivity contribution in [3.05, 3.63) is 35.2 Å². The summed E-state index contributed by atoms with van der Waals surface area (Å²) in [5, 5.41) is 28.0. The number of aromatic nitrogens is 4. The summed E-state index contributed by atoms with van der Waals surface area (Å²) in [6.45, 7) is 6.69. The molecule has 0 aliphatic heterocycles. The van der Waals surface area contributed by atoms with Gasteiger partial charge in [-0.25, -0.2) is 4.98 Å². The van der Waals surface area contributed by atoms with Gasteiger partial charge in [-0.3, -0.25) is 24.4 Å². The first-order valence-corrected chi connectivity index (χ1v) is 12.1. The van der Waals surface area contributed by atoms with Crippen LogP contribution in [0.2, 0.25) is 0 Å². The van der Waals surface area contributed by atoms with Crippen LogP contribution in [0.3, 0.4) is 0 Å². The van der Waals surface area contributed by atoms with Gasteiger partial charge in [0, 0.05) is 18.7 Å². The first-order valence-electron chi connectivity index (χ1n) is 12.1. The number of rotatable bonds is 14. The molecule has 2 amide bonds. The summed E-state index contributed by atoms with van der Waals surface area (Å²) in [7, 11) is 0. The van der Waals surface area contributed by atoms with Gasteiger partial charge in [0.2, 0.25) is 11.9 Å². The minimum atomic E-state index is -1.14. The second-order valence-corrected chi connectivity index (χ2v) is 8.46. The number of carbonyl (C=O) groups is 3. The molecule has 0 fully saturated rings. The van der Waals surface area contributed by atoms with Crippen LogP contribution in [0.4, 0.5) is 5.95 Å². The number of aryl methyl sites for hydroxylation is 3. The molecule has 13 heteroatoms. The number of anilines is 1. The van der Waals surface area contributed by atoms with Gasteiger partial charge >= 0.3 is 5.97 Å². The molecule has 3 rings (SSSR count). The molecule has 1 unspecified atom stereocenters. The van der Waals surface area contributed by atoms with E-state index in [4.69, 9.17) is 20.7 Å². The number of ether oxygens (including phenoxy) is 1. The number of benzene rings is 1. The molecule has 6 N–H and O–H groups in total. The molecular weight excluding hydrogens is 482 g/mol. The number of nitrogens with zero attached hydrogens (tertiary/aromatic N) is 4. The lowest BCUT2D eigenvalue weighted by Gasteiger charge is -2.14. The molecule has 3 aromatic rings. The SMILES string of the molecule is CCCn1c(NC(=O)c2cc(C)nn2CC)nc2cc(C(N)=O)cc(OCCCNC(CO)C(=O)O)c21. The zero-order valence-corrected chi connectivity index (χ0v) is 21.2. The van der Waals surface area contributed by atoms with E-state index in [1.807, 2.05) is 25.3 Å². The first kappa shape index (κ1) is 27.6. The van der Waals surface area contributed by atoms with Crippen molar-refractivity contribution in [2.45, 2.75) is 52.7 Å². The van der Waals surface area contributed by atoms with E-state index in [2.05, 4.69) is 20.7 Å². The number of fused-ring (bicyclic) bond motifs is 1. The van der Waals surface area contributed by atoms with E-state index in [1.165, 1.54) is 6.07 Å². The van der Waals surface area contributed by atoms with Crippen molar-refractivity contribution in [2.75, 3.05) is 25.1 Å². The Hall–Kier alpha value is -3.97. The highest BCUT2D eigenvalue weighted by molar-refractivity contribution is 6.04. The highest BCUT2D eigenvalue weighted by Crippen LogP contribution is 2.31. The van der Waals surface area contributed by atoms with Crippen LogP contribution in [-0.2, 0) is 17.9 Å². The fraction of sp³-hybridized carbons (Fsp3) is 0.458. The average Bonchev–Trinajstić information content (AvgIpc) is 3.41. The van der Waals surface area contributed by atoms with Gasteiger partial charge in [0.25, 0.3) is 5.91 Å². The summed E-state index contributed by atoms with van der Waals surface area (Å²) in [5.74, 6) is -1.51. The molecule has 0 saturated carbocycles. The van der Waals surface area contributed by atoms with E-state index < -0.39 is 24.5 Å². The lowest BCUT2D eigenvalue weighted by Crippen LogP contribution is -2.40. The van der Waals surface area contributed by atoms with Crippen molar-refractivity contribution in [1.29, 1.82) is 0 Å². The van der Waals surface area contributed by atoms with Crippen LogP contribution >= 0.6 is 0 Å². The van der Waals surface area contributed by atoms with E-state index in [0.29, 0.717) is 47.9 Å². The lowest BCUT2D eigenvalue weighted by molar-refractivity contribution is -0.140. The van der Waals surface area contributed by atoms with E-state index in [0.717, 1.165) is 12.1 Å². The number of amides is 2. The van der Waals surface area contributed by atoms with Crippen molar-refractivity contribution in [3.8, 4) is 5.75 Å². The largest absolute Gasteiger partial charge is 0.491 e. The Morgan fingerprint density at radius 1 is 1.22 bits per heavy atom. The highest BCUT2D eigenvalue weighted by atomic mass is 16.5. The maximum atomic E-state index is 13.1. The maximum Gasteiger partial charge on any atom is 0.323 e. The minimum Gasteiger partial charge on any atom is -0.491 e. The number of carboxylic acids is 1. The quantitative estimate of drug-likeness (QED) is 0.196. The third kappa shape index (κ3) is 6.43. The Kier molecular flexibility index (Phi) is 9.20. The third-order valence-electron chi connectivity index (χ3n) is 5.65. The van der Waals surface area contributed by atoms with Gasteiger partial charge in [0.15, 0.2) is 0 Å². The number of nitrogens with two attached hydrogens (primary N) is 1. The molecule has 0 aliphatic rings. The van der Waals surface area contributed by atoms with Gasteiger partial charge in [-0.05, 0) is 51.4 Å². The monoisotopic (exact) mass is 515 g/mol. The zero-order chi connectivity index (χ0) is 27.1. The van der Waals surface area contributed by atoms with Gasteiger partial charge < -0.3 is 30.6 Å². The summed E-state index contributed by atoms with van der Waals surface area (Å²) in [4.78, 5) is 40.6. The fourth-order valence-electron chi connectivity index (χ4n) is 3.91. The number of aliphatic hydroxyl groups is 1. The van der Waals surface area contributed by atoms with Crippen molar-refractivity contribution >= 4 is 34.8 Å². The van der Waals surface area contributed by atoms with Crippen molar-refractivity contribution in [2.24, 2.45) is 5.73 Å². The number of carboxylic acid groups (broad SMARTS) is 1. The number of hydrogen-bond donors (Lipinski definition) is 5. The van der Waals surface area contributed by atoms with Gasteiger partial charge in [-0.1, -0.05) is 6.92 Å². The second kappa shape index (κ2) is 12.3. The van der Waals surface area contributed by atoms with Crippen LogP contribution < -0.4 is 21.1 Å². The number of imidazole rings is 1. The summed E-state index contributed by atoms with van der Waals surface area (Å²) in [6.07, 6.45) is 1.16. The van der Waals surface area contributed by atoms with Crippen LogP contribution in [0.25, 0.3) is 11.0 Å². The Labute approximate surface area is 213 Å². The zero-order valence-electron chi connectivity index (χ0n) is 21.2. The Morgan fingerprint density at radius 3 is 2.59 bits per heavy atom. The third-order valence-corrected chi connectivity index (χ3v) is 5.65. The van der Waals surface area contributed by atoms with Crippen LogP contribution in [-0.4, -0.2) is 73.1 Å².